The minimum Gasteiger partial charge on any atom is -0.493 e. The average molecular weight is 212 g/mol. The highest BCUT2D eigenvalue weighted by Crippen LogP contribution is 2.22. The molecule has 0 fully saturated rings. The van der Waals surface area contributed by atoms with E-state index in [1.807, 2.05) is 25.1 Å². The van der Waals surface area contributed by atoms with Gasteiger partial charge in [-0.15, -0.1) is 0 Å². The lowest BCUT2D eigenvalue weighted by molar-refractivity contribution is 0.199. The molecule has 0 bridgehead atoms. The molecule has 1 rings (SSSR count). The first-order valence-corrected chi connectivity index (χ1v) is 5.12. The number of benzene rings is 1. The van der Waals surface area contributed by atoms with Crippen molar-refractivity contribution in [1.29, 1.82) is 0 Å². The Morgan fingerprint density at radius 2 is 2.20 bits per heavy atom. The molecule has 0 saturated heterocycles. The van der Waals surface area contributed by atoms with Crippen LogP contribution in [0.2, 0.25) is 0 Å². The molecule has 0 radical (unpaired) electrons. The number of ether oxygens (including phenoxy) is 1. The first-order chi connectivity index (χ1) is 7.15. The van der Waals surface area contributed by atoms with E-state index in [1.165, 1.54) is 0 Å². The highest BCUT2D eigenvalue weighted by molar-refractivity contribution is 5.36. The SMILES string of the molecule is Cc1cc([C@H](C)O)ccc1OCCCF. The second kappa shape index (κ2) is 5.71. The van der Waals surface area contributed by atoms with Gasteiger partial charge in [-0.3, -0.25) is 4.39 Å². The van der Waals surface area contributed by atoms with Crippen molar-refractivity contribution in [3.8, 4) is 5.75 Å². The second-order valence-corrected chi connectivity index (χ2v) is 3.59. The van der Waals surface area contributed by atoms with E-state index in [0.29, 0.717) is 13.0 Å². The van der Waals surface area contributed by atoms with Crippen LogP contribution < -0.4 is 4.74 Å². The maximum Gasteiger partial charge on any atom is 0.122 e. The molecule has 0 saturated carbocycles. The zero-order valence-corrected chi connectivity index (χ0v) is 9.16. The summed E-state index contributed by atoms with van der Waals surface area (Å²) in [4.78, 5) is 0. The summed E-state index contributed by atoms with van der Waals surface area (Å²) in [7, 11) is 0. The van der Waals surface area contributed by atoms with Crippen LogP contribution in [0.4, 0.5) is 4.39 Å². The number of aliphatic hydroxyl groups is 1. The fraction of sp³-hybridized carbons (Fsp3) is 0.500. The molecule has 84 valence electrons. The fourth-order valence-corrected chi connectivity index (χ4v) is 1.33. The van der Waals surface area contributed by atoms with Gasteiger partial charge in [0.2, 0.25) is 0 Å². The Morgan fingerprint density at radius 1 is 1.47 bits per heavy atom. The van der Waals surface area contributed by atoms with Gasteiger partial charge in [0.05, 0.1) is 19.4 Å². The van der Waals surface area contributed by atoms with Gasteiger partial charge in [-0.25, -0.2) is 0 Å². The molecule has 0 heterocycles. The van der Waals surface area contributed by atoms with Crippen LogP contribution in [0, 0.1) is 6.92 Å². The molecule has 1 N–H and O–H groups in total. The molecule has 2 nitrogen and oxygen atoms in total. The number of aliphatic hydroxyl groups excluding tert-OH is 1. The standard InChI is InChI=1S/C12H17FO2/c1-9-8-11(10(2)14)4-5-12(9)15-7-3-6-13/h4-5,8,10,14H,3,6-7H2,1-2H3/t10-/m0/s1. The van der Waals surface area contributed by atoms with E-state index in [1.54, 1.807) is 6.92 Å². The summed E-state index contributed by atoms with van der Waals surface area (Å²) in [6.07, 6.45) is -0.0546. The molecule has 0 aliphatic rings. The number of rotatable bonds is 5. The van der Waals surface area contributed by atoms with Crippen molar-refractivity contribution in [3.63, 3.8) is 0 Å². The summed E-state index contributed by atoms with van der Waals surface area (Å²) in [5.41, 5.74) is 1.83. The molecule has 0 aliphatic heterocycles. The highest BCUT2D eigenvalue weighted by Gasteiger charge is 2.04. The molecule has 0 amide bonds. The predicted molar refractivity (Wildman–Crippen MR) is 57.9 cm³/mol. The van der Waals surface area contributed by atoms with Gasteiger partial charge in [0.25, 0.3) is 0 Å². The van der Waals surface area contributed by atoms with Crippen LogP contribution in [0.5, 0.6) is 5.75 Å². The van der Waals surface area contributed by atoms with Gasteiger partial charge >= 0.3 is 0 Å². The van der Waals surface area contributed by atoms with E-state index in [9.17, 15) is 9.50 Å². The van der Waals surface area contributed by atoms with Crippen molar-refractivity contribution < 1.29 is 14.2 Å². The van der Waals surface area contributed by atoms with Crippen molar-refractivity contribution in [1.82, 2.24) is 0 Å². The molecular formula is C12H17FO2. The van der Waals surface area contributed by atoms with Crippen LogP contribution in [0.25, 0.3) is 0 Å². The van der Waals surface area contributed by atoms with Crippen LogP contribution >= 0.6 is 0 Å². The van der Waals surface area contributed by atoms with Crippen molar-refractivity contribution in [2.75, 3.05) is 13.3 Å². The molecule has 1 atom stereocenters. The number of halogens is 1. The fourth-order valence-electron chi connectivity index (χ4n) is 1.33. The molecule has 0 unspecified atom stereocenters. The third-order valence-corrected chi connectivity index (χ3v) is 2.22. The Bertz CT molecular complexity index is 310. The van der Waals surface area contributed by atoms with Crippen LogP contribution in [0.3, 0.4) is 0 Å². The Labute approximate surface area is 89.7 Å². The first kappa shape index (κ1) is 12.0. The Hall–Kier alpha value is -1.09. The zero-order chi connectivity index (χ0) is 11.3. The average Bonchev–Trinajstić information content (AvgIpc) is 2.20. The predicted octanol–water partition coefficient (Wildman–Crippen LogP) is 2.79. The van der Waals surface area contributed by atoms with Crippen LogP contribution in [-0.2, 0) is 0 Å². The van der Waals surface area contributed by atoms with Gasteiger partial charge < -0.3 is 9.84 Å². The van der Waals surface area contributed by atoms with Gasteiger partial charge in [0.15, 0.2) is 0 Å². The number of hydrogen-bond donors (Lipinski definition) is 1. The molecule has 0 aromatic heterocycles. The lowest BCUT2D eigenvalue weighted by Crippen LogP contribution is -2.00. The van der Waals surface area contributed by atoms with Gasteiger partial charge in [0.1, 0.15) is 5.75 Å². The summed E-state index contributed by atoms with van der Waals surface area (Å²) in [6, 6.07) is 5.52. The highest BCUT2D eigenvalue weighted by atomic mass is 19.1. The molecule has 1 aromatic carbocycles. The van der Waals surface area contributed by atoms with Crippen LogP contribution in [0.1, 0.15) is 30.6 Å². The van der Waals surface area contributed by atoms with Crippen molar-refractivity contribution >= 4 is 0 Å². The van der Waals surface area contributed by atoms with E-state index >= 15 is 0 Å². The number of aryl methyl sites for hydroxylation is 1. The Balaban J connectivity index is 2.66. The topological polar surface area (TPSA) is 29.5 Å². The Morgan fingerprint density at radius 3 is 2.73 bits per heavy atom. The molecule has 0 spiro atoms. The lowest BCUT2D eigenvalue weighted by Gasteiger charge is -2.11. The maximum atomic E-state index is 11.9. The summed E-state index contributed by atoms with van der Waals surface area (Å²) in [5, 5.41) is 9.36. The molecule has 15 heavy (non-hydrogen) atoms. The zero-order valence-electron chi connectivity index (χ0n) is 9.16. The van der Waals surface area contributed by atoms with E-state index < -0.39 is 6.10 Å². The van der Waals surface area contributed by atoms with Gasteiger partial charge in [-0.05, 0) is 37.1 Å². The monoisotopic (exact) mass is 212 g/mol. The van der Waals surface area contributed by atoms with Gasteiger partial charge in [-0.2, -0.15) is 0 Å². The summed E-state index contributed by atoms with van der Waals surface area (Å²) < 4.78 is 17.2. The maximum absolute atomic E-state index is 11.9. The van der Waals surface area contributed by atoms with Crippen molar-refractivity contribution in [2.24, 2.45) is 0 Å². The first-order valence-electron chi connectivity index (χ1n) is 5.12. The molecule has 3 heteroatoms. The van der Waals surface area contributed by atoms with E-state index in [0.717, 1.165) is 16.9 Å². The van der Waals surface area contributed by atoms with E-state index in [-0.39, 0.29) is 6.67 Å². The summed E-state index contributed by atoms with van der Waals surface area (Å²) in [5.74, 6) is 0.757. The van der Waals surface area contributed by atoms with E-state index in [4.69, 9.17) is 4.74 Å². The second-order valence-electron chi connectivity index (χ2n) is 3.59. The third-order valence-electron chi connectivity index (χ3n) is 2.22. The minimum atomic E-state index is -0.469. The lowest BCUT2D eigenvalue weighted by atomic mass is 10.1. The quantitative estimate of drug-likeness (QED) is 0.760. The van der Waals surface area contributed by atoms with Crippen molar-refractivity contribution in [2.45, 2.75) is 26.4 Å². The third kappa shape index (κ3) is 3.51. The minimum absolute atomic E-state index is 0.356. The molecule has 1 aromatic rings. The van der Waals surface area contributed by atoms with Gasteiger partial charge in [-0.1, -0.05) is 6.07 Å². The van der Waals surface area contributed by atoms with Gasteiger partial charge in [0, 0.05) is 6.42 Å². The largest absolute Gasteiger partial charge is 0.493 e. The van der Waals surface area contributed by atoms with Crippen LogP contribution in [0.15, 0.2) is 18.2 Å². The summed E-state index contributed by atoms with van der Waals surface area (Å²) >= 11 is 0. The molecular weight excluding hydrogens is 195 g/mol. The van der Waals surface area contributed by atoms with Crippen molar-refractivity contribution in [3.05, 3.63) is 29.3 Å². The smallest absolute Gasteiger partial charge is 0.122 e. The summed E-state index contributed by atoms with van der Waals surface area (Å²) in [6.45, 7) is 3.67. The number of hydrogen-bond acceptors (Lipinski definition) is 2. The normalized spacial score (nSPS) is 12.5. The number of alkyl halides is 1. The van der Waals surface area contributed by atoms with E-state index in [2.05, 4.69) is 0 Å². The molecule has 0 aliphatic carbocycles. The Kier molecular flexibility index (Phi) is 4.56. The van der Waals surface area contributed by atoms with Crippen LogP contribution in [-0.4, -0.2) is 18.4 Å².